The molecule has 2 saturated heterocycles. The Labute approximate surface area is 223 Å². The van der Waals surface area contributed by atoms with Crippen LogP contribution in [0.4, 0.5) is 0 Å². The number of aliphatic hydroxyl groups is 7. The van der Waals surface area contributed by atoms with Gasteiger partial charge in [0.1, 0.15) is 83.2 Å². The fourth-order valence-electron chi connectivity index (χ4n) is 5.24. The Morgan fingerprint density at radius 1 is 0.800 bits per heavy atom. The van der Waals surface area contributed by atoms with E-state index in [1.54, 1.807) is 0 Å². The molecular weight excluding hydrogens is 540 g/mol. The summed E-state index contributed by atoms with van der Waals surface area (Å²) >= 11 is 0. The predicted molar refractivity (Wildman–Crippen MR) is 130 cm³/mol. The van der Waals surface area contributed by atoms with Crippen molar-refractivity contribution in [1.29, 1.82) is 0 Å². The van der Waals surface area contributed by atoms with Crippen LogP contribution in [0.3, 0.4) is 0 Å². The number of aromatic hydroxyl groups is 3. The van der Waals surface area contributed by atoms with E-state index in [1.165, 1.54) is 12.1 Å². The van der Waals surface area contributed by atoms with Gasteiger partial charge in [-0.1, -0.05) is 0 Å². The number of rotatable bonds is 4. The number of phenolic OH excluding ortho intramolecular Hbond substituents is 3. The number of hydrogen-bond donors (Lipinski definition) is 10. The molecule has 2 aliphatic heterocycles. The maximum atomic E-state index is 13.6. The van der Waals surface area contributed by atoms with Gasteiger partial charge in [0.25, 0.3) is 0 Å². The van der Waals surface area contributed by atoms with Gasteiger partial charge in [-0.2, -0.15) is 0 Å². The second-order valence-corrected chi connectivity index (χ2v) is 9.72. The molecular formula is C25H28O15. The van der Waals surface area contributed by atoms with Crippen molar-refractivity contribution in [3.63, 3.8) is 0 Å². The van der Waals surface area contributed by atoms with E-state index in [0.717, 1.165) is 13.2 Å². The molecule has 1 unspecified atom stereocenters. The van der Waals surface area contributed by atoms with E-state index in [1.807, 2.05) is 0 Å². The van der Waals surface area contributed by atoms with Crippen LogP contribution in [-0.2, 0) is 14.2 Å². The summed E-state index contributed by atoms with van der Waals surface area (Å²) in [4.78, 5) is 13.6. The summed E-state index contributed by atoms with van der Waals surface area (Å²) in [7, 11) is 1.11. The SMILES string of the molecule is CO[C@H]1OC(c2c(O)c([C@@H]3O[C@H](CO)[C@@H](O)[C@H](O)[C@H]3O)c3oc4ccc(O)cc4c(=O)c3c2O)[C@H](O)[C@@H](O)[C@@H]1O. The molecule has 3 heterocycles. The molecule has 2 aliphatic rings. The molecule has 10 N–H and O–H groups in total. The van der Waals surface area contributed by atoms with Gasteiger partial charge < -0.3 is 69.7 Å². The van der Waals surface area contributed by atoms with Gasteiger partial charge in [0, 0.05) is 7.11 Å². The standard InChI is InChI=1S/C25H28O15/c1-37-25-21(36)18(33)20(35)23(40-25)11-15(30)10-13(28)7-4-6(27)2-3-8(7)38-22(10)12(16(11)31)24-19(34)17(32)14(29)9(5-26)39-24/h2-4,9,14,17-21,23-27,29-36H,5H2,1H3/t9-,14-,17+,18-,19-,20-,21+,23?,24+,25+/m1/s1. The molecule has 10 atom stereocenters. The normalized spacial score (nSPS) is 34.9. The minimum Gasteiger partial charge on any atom is -0.508 e. The molecule has 15 nitrogen and oxygen atoms in total. The first-order chi connectivity index (χ1) is 18.9. The number of benzene rings is 2. The Bertz CT molecular complexity index is 1480. The van der Waals surface area contributed by atoms with Crippen molar-refractivity contribution in [1.82, 2.24) is 0 Å². The molecule has 0 amide bonds. The van der Waals surface area contributed by atoms with E-state index in [-0.39, 0.29) is 16.7 Å². The highest BCUT2D eigenvalue weighted by Gasteiger charge is 2.50. The van der Waals surface area contributed by atoms with E-state index in [0.29, 0.717) is 0 Å². The van der Waals surface area contributed by atoms with E-state index in [2.05, 4.69) is 0 Å². The molecule has 0 spiro atoms. The molecule has 0 bridgehead atoms. The maximum Gasteiger partial charge on any atom is 0.204 e. The van der Waals surface area contributed by atoms with E-state index in [9.17, 15) is 55.9 Å². The number of hydrogen-bond acceptors (Lipinski definition) is 15. The quantitative estimate of drug-likeness (QED) is 0.148. The summed E-state index contributed by atoms with van der Waals surface area (Å²) in [6, 6.07) is 3.47. The molecule has 2 aromatic carbocycles. The molecule has 15 heteroatoms. The topological polar surface area (TPSA) is 260 Å². The van der Waals surface area contributed by atoms with Crippen LogP contribution in [0.1, 0.15) is 23.3 Å². The monoisotopic (exact) mass is 568 g/mol. The minimum absolute atomic E-state index is 0.125. The number of methoxy groups -OCH3 is 1. The highest BCUT2D eigenvalue weighted by molar-refractivity contribution is 5.97. The van der Waals surface area contributed by atoms with Crippen LogP contribution in [0, 0.1) is 0 Å². The van der Waals surface area contributed by atoms with Crippen molar-refractivity contribution in [3.8, 4) is 17.2 Å². The Kier molecular flexibility index (Phi) is 7.38. The fourth-order valence-corrected chi connectivity index (χ4v) is 5.24. The summed E-state index contributed by atoms with van der Waals surface area (Å²) in [5, 5.41) is 104. The van der Waals surface area contributed by atoms with Crippen LogP contribution in [0.15, 0.2) is 27.4 Å². The van der Waals surface area contributed by atoms with Gasteiger partial charge in [-0.05, 0) is 18.2 Å². The van der Waals surface area contributed by atoms with Crippen molar-refractivity contribution in [2.24, 2.45) is 0 Å². The third-order valence-corrected chi connectivity index (χ3v) is 7.38. The van der Waals surface area contributed by atoms with E-state index >= 15 is 0 Å². The molecule has 2 fully saturated rings. The summed E-state index contributed by atoms with van der Waals surface area (Å²) in [5.74, 6) is -2.28. The Morgan fingerprint density at radius 3 is 2.05 bits per heavy atom. The number of phenols is 3. The average Bonchev–Trinajstić information content (AvgIpc) is 2.93. The van der Waals surface area contributed by atoms with Gasteiger partial charge in [0.05, 0.1) is 23.1 Å². The first-order valence-corrected chi connectivity index (χ1v) is 12.1. The van der Waals surface area contributed by atoms with Gasteiger partial charge in [0.2, 0.25) is 5.43 Å². The first-order valence-electron chi connectivity index (χ1n) is 12.1. The molecule has 0 saturated carbocycles. The summed E-state index contributed by atoms with van der Waals surface area (Å²) < 4.78 is 21.9. The zero-order valence-electron chi connectivity index (χ0n) is 20.7. The predicted octanol–water partition coefficient (Wildman–Crippen LogP) is -2.30. The highest BCUT2D eigenvalue weighted by Crippen LogP contribution is 2.51. The van der Waals surface area contributed by atoms with Crippen molar-refractivity contribution >= 4 is 21.9 Å². The summed E-state index contributed by atoms with van der Waals surface area (Å²) in [6.45, 7) is -0.832. The van der Waals surface area contributed by atoms with Gasteiger partial charge in [0.15, 0.2) is 11.9 Å². The van der Waals surface area contributed by atoms with Crippen molar-refractivity contribution in [2.75, 3.05) is 13.7 Å². The number of aliphatic hydroxyl groups excluding tert-OH is 7. The lowest BCUT2D eigenvalue weighted by molar-refractivity contribution is -0.292. The van der Waals surface area contributed by atoms with Gasteiger partial charge in [-0.3, -0.25) is 4.79 Å². The van der Waals surface area contributed by atoms with Crippen LogP contribution in [0.5, 0.6) is 17.2 Å². The maximum absolute atomic E-state index is 13.6. The molecule has 0 radical (unpaired) electrons. The van der Waals surface area contributed by atoms with Crippen LogP contribution in [0.2, 0.25) is 0 Å². The smallest absolute Gasteiger partial charge is 0.204 e. The van der Waals surface area contributed by atoms with Gasteiger partial charge in [-0.15, -0.1) is 0 Å². The number of fused-ring (bicyclic) bond motifs is 2. The fraction of sp³-hybridized carbons (Fsp3) is 0.480. The third kappa shape index (κ3) is 4.19. The Balaban J connectivity index is 1.86. The Morgan fingerprint density at radius 2 is 1.43 bits per heavy atom. The lowest BCUT2D eigenvalue weighted by atomic mass is 9.85. The highest BCUT2D eigenvalue weighted by atomic mass is 16.7. The van der Waals surface area contributed by atoms with Gasteiger partial charge >= 0.3 is 0 Å². The van der Waals surface area contributed by atoms with E-state index in [4.69, 9.17) is 18.6 Å². The molecule has 0 aliphatic carbocycles. The lowest BCUT2D eigenvalue weighted by Gasteiger charge is -2.42. The van der Waals surface area contributed by atoms with Crippen molar-refractivity contribution in [2.45, 2.75) is 61.2 Å². The van der Waals surface area contributed by atoms with Crippen molar-refractivity contribution < 1.29 is 69.7 Å². The summed E-state index contributed by atoms with van der Waals surface area (Å²) in [5.41, 5.74) is -2.85. The third-order valence-electron chi connectivity index (χ3n) is 7.38. The molecule has 40 heavy (non-hydrogen) atoms. The molecule has 1 aromatic heterocycles. The van der Waals surface area contributed by atoms with Crippen LogP contribution < -0.4 is 5.43 Å². The summed E-state index contributed by atoms with van der Waals surface area (Å²) in [6.07, 6.45) is -18.0. The second-order valence-electron chi connectivity index (χ2n) is 9.72. The Hall–Kier alpha value is -3.09. The van der Waals surface area contributed by atoms with E-state index < -0.39 is 107 Å². The van der Waals surface area contributed by atoms with Crippen LogP contribution >= 0.6 is 0 Å². The molecule has 3 aromatic rings. The minimum atomic E-state index is -2.00. The largest absolute Gasteiger partial charge is 0.508 e. The molecule has 218 valence electrons. The second kappa shape index (κ2) is 10.4. The number of ether oxygens (including phenoxy) is 3. The van der Waals surface area contributed by atoms with Gasteiger partial charge in [-0.25, -0.2) is 0 Å². The van der Waals surface area contributed by atoms with Crippen LogP contribution in [0.25, 0.3) is 21.9 Å². The van der Waals surface area contributed by atoms with Crippen molar-refractivity contribution in [3.05, 3.63) is 39.5 Å². The lowest BCUT2D eigenvalue weighted by Crippen LogP contribution is -2.55. The first kappa shape index (κ1) is 28.4. The zero-order valence-corrected chi connectivity index (χ0v) is 20.7. The zero-order chi connectivity index (χ0) is 29.2. The average molecular weight is 568 g/mol. The van der Waals surface area contributed by atoms with Crippen LogP contribution in [-0.4, -0.2) is 114 Å². The molecule has 5 rings (SSSR count).